The molecule has 1 aliphatic rings. The molecule has 94 valence electrons. The molecular weight excluding hydrogens is 264 g/mol. The van der Waals surface area contributed by atoms with Crippen LogP contribution in [0.15, 0.2) is 23.1 Å². The predicted octanol–water partition coefficient (Wildman–Crippen LogP) is 2.09. The van der Waals surface area contributed by atoms with Gasteiger partial charge in [-0.1, -0.05) is 6.07 Å². The minimum absolute atomic E-state index is 0.0195. The highest BCUT2D eigenvalue weighted by Crippen LogP contribution is 2.29. The van der Waals surface area contributed by atoms with Gasteiger partial charge in [0.25, 0.3) is 9.05 Å². The molecule has 1 unspecified atom stereocenters. The van der Waals surface area contributed by atoms with E-state index in [9.17, 15) is 8.42 Å². The van der Waals surface area contributed by atoms with Gasteiger partial charge in [0.2, 0.25) is 0 Å². The third kappa shape index (κ3) is 3.12. The summed E-state index contributed by atoms with van der Waals surface area (Å²) in [4.78, 5) is 0.0195. The molecule has 1 aromatic carbocycles. The van der Waals surface area contributed by atoms with E-state index in [-0.39, 0.29) is 11.0 Å². The van der Waals surface area contributed by atoms with Gasteiger partial charge in [-0.15, -0.1) is 0 Å². The first-order valence-corrected chi connectivity index (χ1v) is 7.57. The minimum atomic E-state index is -3.79. The van der Waals surface area contributed by atoms with Crippen molar-refractivity contribution < 1.29 is 17.9 Å². The fourth-order valence-corrected chi connectivity index (χ4v) is 2.73. The maximum absolute atomic E-state index is 11.4. The Labute approximate surface area is 105 Å². The van der Waals surface area contributed by atoms with E-state index in [1.165, 1.54) is 6.07 Å². The van der Waals surface area contributed by atoms with Gasteiger partial charge in [-0.05, 0) is 24.6 Å². The van der Waals surface area contributed by atoms with Crippen LogP contribution >= 0.6 is 10.7 Å². The molecule has 6 heteroatoms. The molecule has 0 bridgehead atoms. The number of hydrogen-bond donors (Lipinski definition) is 0. The molecule has 0 saturated carbocycles. The molecule has 1 heterocycles. The van der Waals surface area contributed by atoms with Crippen LogP contribution in [0.1, 0.15) is 12.0 Å². The summed E-state index contributed by atoms with van der Waals surface area (Å²) in [6.45, 7) is 2.92. The third-order valence-electron chi connectivity index (χ3n) is 2.54. The van der Waals surface area contributed by atoms with Crippen LogP contribution in [0.4, 0.5) is 0 Å². The fourth-order valence-electron chi connectivity index (χ4n) is 1.69. The second kappa shape index (κ2) is 4.84. The van der Waals surface area contributed by atoms with Crippen LogP contribution in [-0.4, -0.2) is 27.7 Å². The molecule has 0 aromatic heterocycles. The van der Waals surface area contributed by atoms with Crippen LogP contribution in [0.5, 0.6) is 5.75 Å². The van der Waals surface area contributed by atoms with Crippen molar-refractivity contribution >= 4 is 19.7 Å². The summed E-state index contributed by atoms with van der Waals surface area (Å²) >= 11 is 0. The maximum atomic E-state index is 11.4. The van der Waals surface area contributed by atoms with Gasteiger partial charge in [0.15, 0.2) is 0 Å². The Morgan fingerprint density at radius 3 is 2.82 bits per heavy atom. The molecule has 0 amide bonds. The summed E-state index contributed by atoms with van der Waals surface area (Å²) in [6.07, 6.45) is 0.658. The monoisotopic (exact) mass is 276 g/mol. The van der Waals surface area contributed by atoms with Crippen molar-refractivity contribution in [2.75, 3.05) is 13.2 Å². The Balaban J connectivity index is 2.32. The minimum Gasteiger partial charge on any atom is -0.487 e. The van der Waals surface area contributed by atoms with Gasteiger partial charge in [0.05, 0.1) is 13.2 Å². The quantitative estimate of drug-likeness (QED) is 0.793. The molecule has 2 rings (SSSR count). The first kappa shape index (κ1) is 12.7. The lowest BCUT2D eigenvalue weighted by atomic mass is 10.2. The zero-order valence-corrected chi connectivity index (χ0v) is 10.9. The van der Waals surface area contributed by atoms with E-state index in [1.807, 2.05) is 0 Å². The topological polar surface area (TPSA) is 52.6 Å². The lowest BCUT2D eigenvalue weighted by Crippen LogP contribution is -2.17. The van der Waals surface area contributed by atoms with E-state index in [2.05, 4.69) is 0 Å². The summed E-state index contributed by atoms with van der Waals surface area (Å²) in [7, 11) is 1.59. The van der Waals surface area contributed by atoms with Crippen molar-refractivity contribution in [3.8, 4) is 5.75 Å². The largest absolute Gasteiger partial charge is 0.487 e. The standard InChI is InChI=1S/C11H13ClO4S/c1-8-2-3-10(11(6-8)17(12,13)14)16-9-4-5-15-7-9/h2-3,6,9H,4-5,7H2,1H3. The molecule has 1 saturated heterocycles. The van der Waals surface area contributed by atoms with Crippen molar-refractivity contribution in [2.24, 2.45) is 0 Å². The van der Waals surface area contributed by atoms with Crippen LogP contribution in [0.25, 0.3) is 0 Å². The lowest BCUT2D eigenvalue weighted by Gasteiger charge is -2.14. The zero-order chi connectivity index (χ0) is 12.5. The maximum Gasteiger partial charge on any atom is 0.264 e. The number of rotatable bonds is 3. The molecule has 0 radical (unpaired) electrons. The zero-order valence-electron chi connectivity index (χ0n) is 9.35. The van der Waals surface area contributed by atoms with Crippen LogP contribution < -0.4 is 4.74 Å². The fraction of sp³-hybridized carbons (Fsp3) is 0.455. The van der Waals surface area contributed by atoms with Crippen molar-refractivity contribution in [3.63, 3.8) is 0 Å². The molecule has 0 aliphatic carbocycles. The van der Waals surface area contributed by atoms with Gasteiger partial charge in [-0.2, -0.15) is 0 Å². The number of ether oxygens (including phenoxy) is 2. The average molecular weight is 277 g/mol. The summed E-state index contributed by atoms with van der Waals surface area (Å²) in [6, 6.07) is 4.92. The highest BCUT2D eigenvalue weighted by Gasteiger charge is 2.22. The van der Waals surface area contributed by atoms with E-state index in [1.54, 1.807) is 19.1 Å². The van der Waals surface area contributed by atoms with Crippen LogP contribution in [0, 0.1) is 6.92 Å². The van der Waals surface area contributed by atoms with E-state index in [0.29, 0.717) is 19.0 Å². The predicted molar refractivity (Wildman–Crippen MR) is 64.1 cm³/mol. The summed E-state index contributed by atoms with van der Waals surface area (Å²) in [5.41, 5.74) is 0.819. The summed E-state index contributed by atoms with van der Waals surface area (Å²) < 4.78 is 33.6. The second-order valence-electron chi connectivity index (χ2n) is 3.99. The number of hydrogen-bond acceptors (Lipinski definition) is 4. The van der Waals surface area contributed by atoms with Gasteiger partial charge < -0.3 is 9.47 Å². The molecule has 0 spiro atoms. The van der Waals surface area contributed by atoms with E-state index in [4.69, 9.17) is 20.2 Å². The highest BCUT2D eigenvalue weighted by molar-refractivity contribution is 8.13. The molecule has 1 fully saturated rings. The van der Waals surface area contributed by atoms with Gasteiger partial charge in [-0.25, -0.2) is 8.42 Å². The lowest BCUT2D eigenvalue weighted by molar-refractivity contribution is 0.139. The molecule has 0 N–H and O–H groups in total. The van der Waals surface area contributed by atoms with E-state index in [0.717, 1.165) is 12.0 Å². The Hall–Kier alpha value is -0.780. The van der Waals surface area contributed by atoms with Crippen LogP contribution in [0.2, 0.25) is 0 Å². The van der Waals surface area contributed by atoms with Gasteiger partial charge in [0, 0.05) is 17.1 Å². The average Bonchev–Trinajstić information content (AvgIpc) is 2.72. The Morgan fingerprint density at radius 2 is 2.24 bits per heavy atom. The van der Waals surface area contributed by atoms with Crippen molar-refractivity contribution in [1.82, 2.24) is 0 Å². The Kier molecular flexibility index (Phi) is 3.61. The van der Waals surface area contributed by atoms with Crippen molar-refractivity contribution in [3.05, 3.63) is 23.8 Å². The Bertz CT molecular complexity index is 506. The number of halogens is 1. The SMILES string of the molecule is Cc1ccc(OC2CCOC2)c(S(=O)(=O)Cl)c1. The van der Waals surface area contributed by atoms with Crippen molar-refractivity contribution in [1.29, 1.82) is 0 Å². The van der Waals surface area contributed by atoms with E-state index >= 15 is 0 Å². The first-order valence-electron chi connectivity index (χ1n) is 5.26. The molecule has 1 aromatic rings. The second-order valence-corrected chi connectivity index (χ2v) is 6.53. The highest BCUT2D eigenvalue weighted by atomic mass is 35.7. The number of aryl methyl sites for hydroxylation is 1. The molecule has 17 heavy (non-hydrogen) atoms. The molecule has 1 atom stereocenters. The Morgan fingerprint density at radius 1 is 1.47 bits per heavy atom. The van der Waals surface area contributed by atoms with Gasteiger partial charge in [0.1, 0.15) is 16.7 Å². The molecule has 1 aliphatic heterocycles. The van der Waals surface area contributed by atoms with Gasteiger partial charge in [-0.3, -0.25) is 0 Å². The van der Waals surface area contributed by atoms with Gasteiger partial charge >= 0.3 is 0 Å². The third-order valence-corrected chi connectivity index (χ3v) is 3.89. The summed E-state index contributed by atoms with van der Waals surface area (Å²) in [5, 5.41) is 0. The molecular formula is C11H13ClO4S. The smallest absolute Gasteiger partial charge is 0.264 e. The number of benzene rings is 1. The van der Waals surface area contributed by atoms with Crippen LogP contribution in [-0.2, 0) is 13.8 Å². The first-order chi connectivity index (χ1) is 7.97. The molecule has 4 nitrogen and oxygen atoms in total. The normalized spacial score (nSPS) is 20.5. The van der Waals surface area contributed by atoms with Crippen molar-refractivity contribution in [2.45, 2.75) is 24.3 Å². The summed E-state index contributed by atoms with van der Waals surface area (Å²) in [5.74, 6) is 0.293. The van der Waals surface area contributed by atoms with E-state index < -0.39 is 9.05 Å². The van der Waals surface area contributed by atoms with Crippen LogP contribution in [0.3, 0.4) is 0 Å².